The van der Waals surface area contributed by atoms with Gasteiger partial charge in [-0.3, -0.25) is 0 Å². The van der Waals surface area contributed by atoms with Crippen molar-refractivity contribution in [2.45, 2.75) is 238 Å². The summed E-state index contributed by atoms with van der Waals surface area (Å²) in [7, 11) is 0. The van der Waals surface area contributed by atoms with E-state index in [-0.39, 0.29) is 0 Å². The molecule has 0 fully saturated rings. The summed E-state index contributed by atoms with van der Waals surface area (Å²) in [5, 5.41) is 0. The highest BCUT2D eigenvalue weighted by molar-refractivity contribution is 4.61. The molecule has 0 rings (SSSR count). The Kier molecular flexibility index (Phi) is 37.5. The third-order valence-electron chi connectivity index (χ3n) is 8.97. The minimum Gasteiger partial charge on any atom is -0.0845 e. The van der Waals surface area contributed by atoms with Crippen molar-refractivity contribution in [1.82, 2.24) is 0 Å². The summed E-state index contributed by atoms with van der Waals surface area (Å²) in [6.45, 7) is 7.73. The third kappa shape index (κ3) is 37.7. The minimum absolute atomic E-state index is 1.10. The molecule has 0 amide bonds. The van der Waals surface area contributed by atoms with Gasteiger partial charge in [-0.1, -0.05) is 238 Å². The zero-order chi connectivity index (χ0) is 28.2. The van der Waals surface area contributed by atoms with Crippen LogP contribution in [0.15, 0.2) is 6.08 Å². The van der Waals surface area contributed by atoms with Gasteiger partial charge in [-0.15, -0.1) is 0 Å². The Morgan fingerprint density at radius 3 is 0.564 bits per heavy atom. The second-order valence-corrected chi connectivity index (χ2v) is 13.0. The molecule has 0 heterocycles. The van der Waals surface area contributed by atoms with Crippen molar-refractivity contribution < 1.29 is 0 Å². The third-order valence-corrected chi connectivity index (χ3v) is 8.97. The van der Waals surface area contributed by atoms with E-state index < -0.39 is 0 Å². The second kappa shape index (κ2) is 37.7. The molecule has 0 saturated heterocycles. The van der Waals surface area contributed by atoms with E-state index in [1.54, 1.807) is 0 Å². The van der Waals surface area contributed by atoms with Crippen LogP contribution in [0.25, 0.3) is 0 Å². The van der Waals surface area contributed by atoms with Gasteiger partial charge in [0.2, 0.25) is 0 Å². The van der Waals surface area contributed by atoms with Gasteiger partial charge in [0, 0.05) is 0 Å². The van der Waals surface area contributed by atoms with Crippen LogP contribution in [0.4, 0.5) is 0 Å². The molecule has 0 aromatic rings. The number of rotatable bonds is 36. The molecule has 0 aliphatic heterocycles. The van der Waals surface area contributed by atoms with E-state index in [2.05, 4.69) is 6.92 Å². The van der Waals surface area contributed by atoms with Crippen LogP contribution in [0, 0.1) is 6.58 Å². The Labute approximate surface area is 250 Å². The van der Waals surface area contributed by atoms with E-state index in [0.717, 1.165) is 6.42 Å². The maximum Gasteiger partial charge on any atom is -0.0348 e. The van der Waals surface area contributed by atoms with Crippen LogP contribution in [-0.4, -0.2) is 0 Å². The predicted molar refractivity (Wildman–Crippen MR) is 181 cm³/mol. The van der Waals surface area contributed by atoms with Gasteiger partial charge in [-0.25, -0.2) is 0 Å². The summed E-state index contributed by atoms with van der Waals surface area (Å²) < 4.78 is 0. The Morgan fingerprint density at radius 1 is 0.256 bits per heavy atom. The number of hydrogen-bond acceptors (Lipinski definition) is 0. The first-order valence-electron chi connectivity index (χ1n) is 18.9. The minimum atomic E-state index is 1.10. The van der Waals surface area contributed by atoms with Crippen molar-refractivity contribution >= 4 is 0 Å². The molecule has 39 heavy (non-hydrogen) atoms. The molecule has 0 aliphatic carbocycles. The average Bonchev–Trinajstić information content (AvgIpc) is 2.95. The first kappa shape index (κ1) is 38.7. The van der Waals surface area contributed by atoms with E-state index in [9.17, 15) is 0 Å². The standard InChI is InChI=1S/C39H77/c1-3-5-7-9-11-13-15-17-19-21-23-25-27-29-31-33-35-37-39-38-36-34-32-30-28-26-24-22-20-18-16-14-12-10-8-6-4-2/h1,3H,4-39H2,2H3. The van der Waals surface area contributed by atoms with E-state index in [1.165, 1.54) is 225 Å². The zero-order valence-electron chi connectivity index (χ0n) is 27.6. The molecule has 0 saturated carbocycles. The Bertz CT molecular complexity index is 410. The van der Waals surface area contributed by atoms with Crippen molar-refractivity contribution in [2.75, 3.05) is 0 Å². The van der Waals surface area contributed by atoms with E-state index in [0.29, 0.717) is 0 Å². The lowest BCUT2D eigenvalue weighted by atomic mass is 10.0. The van der Waals surface area contributed by atoms with Gasteiger partial charge >= 0.3 is 0 Å². The maximum absolute atomic E-state index is 5.42. The predicted octanol–water partition coefficient (Wildman–Crippen LogP) is 15.0. The normalized spacial score (nSPS) is 11.4. The molecule has 233 valence electrons. The van der Waals surface area contributed by atoms with Crippen molar-refractivity contribution in [3.05, 3.63) is 12.7 Å². The molecule has 0 aromatic carbocycles. The van der Waals surface area contributed by atoms with Gasteiger partial charge < -0.3 is 0 Å². The van der Waals surface area contributed by atoms with Crippen LogP contribution < -0.4 is 0 Å². The molecule has 0 nitrogen and oxygen atoms in total. The molecular formula is C39H77. The van der Waals surface area contributed by atoms with Crippen molar-refractivity contribution in [1.29, 1.82) is 0 Å². The highest BCUT2D eigenvalue weighted by Gasteiger charge is 1.97. The number of unbranched alkanes of at least 4 members (excludes halogenated alkanes) is 35. The molecule has 0 unspecified atom stereocenters. The fourth-order valence-corrected chi connectivity index (χ4v) is 6.17. The molecule has 0 atom stereocenters. The Hall–Kier alpha value is -0.260. The summed E-state index contributed by atoms with van der Waals surface area (Å²) in [6.07, 6.45) is 54.3. The lowest BCUT2D eigenvalue weighted by molar-refractivity contribution is 0.511. The molecule has 0 heteroatoms. The fraction of sp³-hybridized carbons (Fsp3) is 0.949. The maximum atomic E-state index is 5.42. The largest absolute Gasteiger partial charge is 0.0845 e. The van der Waals surface area contributed by atoms with Gasteiger partial charge in [0.25, 0.3) is 0 Å². The van der Waals surface area contributed by atoms with Crippen LogP contribution in [-0.2, 0) is 0 Å². The summed E-state index contributed by atoms with van der Waals surface area (Å²) >= 11 is 0. The highest BCUT2D eigenvalue weighted by Crippen LogP contribution is 2.17. The number of allylic oxidation sites excluding steroid dienone is 1. The summed E-state index contributed by atoms with van der Waals surface area (Å²) in [5.41, 5.74) is 0. The van der Waals surface area contributed by atoms with Gasteiger partial charge in [0.05, 0.1) is 0 Å². The highest BCUT2D eigenvalue weighted by atomic mass is 14.0. The summed E-state index contributed by atoms with van der Waals surface area (Å²) in [6, 6.07) is 0. The summed E-state index contributed by atoms with van der Waals surface area (Å²) in [5.74, 6) is 0. The van der Waals surface area contributed by atoms with Crippen LogP contribution in [0.1, 0.15) is 238 Å². The zero-order valence-corrected chi connectivity index (χ0v) is 27.6. The fourth-order valence-electron chi connectivity index (χ4n) is 6.17. The van der Waals surface area contributed by atoms with Gasteiger partial charge in [0.1, 0.15) is 0 Å². The smallest absolute Gasteiger partial charge is 0.0348 e. The molecule has 1 radical (unpaired) electrons. The lowest BCUT2D eigenvalue weighted by Crippen LogP contribution is -1.85. The Balaban J connectivity index is 3.02. The molecule has 0 aromatic heterocycles. The average molecular weight is 546 g/mol. The van der Waals surface area contributed by atoms with Crippen molar-refractivity contribution in [3.8, 4) is 0 Å². The van der Waals surface area contributed by atoms with E-state index in [1.807, 2.05) is 6.08 Å². The SMILES string of the molecule is [CH]=CCCCCCCCCCCCCCCCCCCCCCCCCCCCCCCCCCCCCC. The van der Waals surface area contributed by atoms with Crippen molar-refractivity contribution in [3.63, 3.8) is 0 Å². The van der Waals surface area contributed by atoms with Gasteiger partial charge in [0.15, 0.2) is 0 Å². The molecule has 0 spiro atoms. The Morgan fingerprint density at radius 2 is 0.410 bits per heavy atom. The first-order chi connectivity index (χ1) is 19.4. The monoisotopic (exact) mass is 546 g/mol. The van der Waals surface area contributed by atoms with E-state index >= 15 is 0 Å². The molecule has 0 aliphatic rings. The quantitative estimate of drug-likeness (QED) is 0.0687. The topological polar surface area (TPSA) is 0 Å². The second-order valence-electron chi connectivity index (χ2n) is 13.0. The lowest BCUT2D eigenvalue weighted by Gasteiger charge is -2.05. The molecular weight excluding hydrogens is 468 g/mol. The van der Waals surface area contributed by atoms with Crippen LogP contribution in [0.5, 0.6) is 0 Å². The molecule has 0 N–H and O–H groups in total. The van der Waals surface area contributed by atoms with Gasteiger partial charge in [-0.05, 0) is 12.8 Å². The van der Waals surface area contributed by atoms with Crippen molar-refractivity contribution in [2.24, 2.45) is 0 Å². The summed E-state index contributed by atoms with van der Waals surface area (Å²) in [4.78, 5) is 0. The molecule has 0 bridgehead atoms. The van der Waals surface area contributed by atoms with Crippen LogP contribution in [0.2, 0.25) is 0 Å². The van der Waals surface area contributed by atoms with Gasteiger partial charge in [-0.2, -0.15) is 0 Å². The van der Waals surface area contributed by atoms with E-state index in [4.69, 9.17) is 6.58 Å². The first-order valence-corrected chi connectivity index (χ1v) is 18.9. The van der Waals surface area contributed by atoms with Crippen LogP contribution >= 0.6 is 0 Å². The van der Waals surface area contributed by atoms with Crippen LogP contribution in [0.3, 0.4) is 0 Å². The number of hydrogen-bond donors (Lipinski definition) is 0.